The van der Waals surface area contributed by atoms with Gasteiger partial charge in [0, 0.05) is 0 Å². The molecule has 0 aliphatic rings. The molecule has 0 saturated heterocycles. The normalized spacial score (nSPS) is 7.55. The minimum absolute atomic E-state index is 0.132. The zero-order chi connectivity index (χ0) is 9.28. The van der Waals surface area contributed by atoms with Gasteiger partial charge in [-0.05, 0) is 6.42 Å². The first-order valence-electron chi connectivity index (χ1n) is 2.90. The SMILES string of the molecule is CCCOC(=O)C(=O)[O-].NN. The highest BCUT2D eigenvalue weighted by atomic mass is 16.6. The Bertz CT molecular complexity index is 126. The monoisotopic (exact) mass is 163 g/mol. The molecule has 0 fully saturated rings. The fraction of sp³-hybridized carbons (Fsp3) is 0.600. The van der Waals surface area contributed by atoms with Crippen molar-refractivity contribution < 1.29 is 19.4 Å². The maximum Gasteiger partial charge on any atom is 0.354 e. The van der Waals surface area contributed by atoms with Gasteiger partial charge in [-0.1, -0.05) is 6.92 Å². The molecule has 0 unspecified atom stereocenters. The van der Waals surface area contributed by atoms with E-state index in [1.54, 1.807) is 6.92 Å². The van der Waals surface area contributed by atoms with E-state index in [9.17, 15) is 14.7 Å². The van der Waals surface area contributed by atoms with E-state index in [1.807, 2.05) is 0 Å². The number of esters is 1. The van der Waals surface area contributed by atoms with E-state index in [2.05, 4.69) is 16.4 Å². The number of nitrogens with two attached hydrogens (primary N) is 2. The second kappa shape index (κ2) is 8.86. The molecule has 66 valence electrons. The highest BCUT2D eigenvalue weighted by molar-refractivity contribution is 6.27. The van der Waals surface area contributed by atoms with E-state index in [-0.39, 0.29) is 6.61 Å². The summed E-state index contributed by atoms with van der Waals surface area (Å²) in [6.45, 7) is 1.90. The number of hydrogen-bond acceptors (Lipinski definition) is 6. The highest BCUT2D eigenvalue weighted by Crippen LogP contribution is 1.79. The number of rotatable bonds is 2. The Labute approximate surface area is 64.1 Å². The molecule has 0 aromatic heterocycles. The van der Waals surface area contributed by atoms with Gasteiger partial charge in [0.25, 0.3) is 0 Å². The summed E-state index contributed by atoms with van der Waals surface area (Å²) in [6.07, 6.45) is 0.610. The Kier molecular flexibility index (Phi) is 10.1. The van der Waals surface area contributed by atoms with Crippen molar-refractivity contribution in [2.45, 2.75) is 13.3 Å². The van der Waals surface area contributed by atoms with Crippen LogP contribution in [0.15, 0.2) is 0 Å². The third-order valence-corrected chi connectivity index (χ3v) is 0.604. The average molecular weight is 163 g/mol. The Morgan fingerprint density at radius 3 is 2.18 bits per heavy atom. The van der Waals surface area contributed by atoms with E-state index >= 15 is 0 Å². The molecule has 11 heavy (non-hydrogen) atoms. The largest absolute Gasteiger partial charge is 0.539 e. The molecule has 0 spiro atoms. The van der Waals surface area contributed by atoms with Crippen LogP contribution in [0.2, 0.25) is 0 Å². The summed E-state index contributed by atoms with van der Waals surface area (Å²) in [5, 5.41) is 9.62. The van der Waals surface area contributed by atoms with Crippen molar-refractivity contribution >= 4 is 11.9 Å². The van der Waals surface area contributed by atoms with Gasteiger partial charge >= 0.3 is 5.97 Å². The first-order chi connectivity index (χ1) is 5.18. The first kappa shape index (κ1) is 12.5. The lowest BCUT2D eigenvalue weighted by Crippen LogP contribution is -2.33. The van der Waals surface area contributed by atoms with Crippen LogP contribution in [-0.4, -0.2) is 18.5 Å². The summed E-state index contributed by atoms with van der Waals surface area (Å²) in [5.41, 5.74) is 0. The quantitative estimate of drug-likeness (QED) is 0.201. The van der Waals surface area contributed by atoms with Gasteiger partial charge < -0.3 is 14.6 Å². The number of carbonyl (C=O) groups excluding carboxylic acids is 2. The molecule has 4 N–H and O–H groups in total. The topological polar surface area (TPSA) is 118 Å². The Balaban J connectivity index is 0. The number of carboxylic acid groups (broad SMARTS) is 1. The number of carbonyl (C=O) groups is 2. The van der Waals surface area contributed by atoms with Crippen LogP contribution < -0.4 is 16.8 Å². The fourth-order valence-electron chi connectivity index (χ4n) is 0.254. The minimum atomic E-state index is -1.79. The van der Waals surface area contributed by atoms with Gasteiger partial charge in [0.1, 0.15) is 0 Å². The van der Waals surface area contributed by atoms with Gasteiger partial charge in [-0.15, -0.1) is 0 Å². The first-order valence-corrected chi connectivity index (χ1v) is 2.90. The van der Waals surface area contributed by atoms with Crippen LogP contribution in [0, 0.1) is 0 Å². The maximum atomic E-state index is 10.0. The zero-order valence-electron chi connectivity index (χ0n) is 6.20. The van der Waals surface area contributed by atoms with Crippen molar-refractivity contribution in [3.63, 3.8) is 0 Å². The van der Waals surface area contributed by atoms with E-state index in [4.69, 9.17) is 0 Å². The van der Waals surface area contributed by atoms with Crippen LogP contribution in [0.5, 0.6) is 0 Å². The number of hydrazine groups is 1. The molecule has 0 bridgehead atoms. The summed E-state index contributed by atoms with van der Waals surface area (Å²) >= 11 is 0. The van der Waals surface area contributed by atoms with Crippen LogP contribution in [0.4, 0.5) is 0 Å². The fourth-order valence-corrected chi connectivity index (χ4v) is 0.254. The van der Waals surface area contributed by atoms with Gasteiger partial charge in [-0.25, -0.2) is 4.79 Å². The summed E-state index contributed by atoms with van der Waals surface area (Å²) in [7, 11) is 0. The van der Waals surface area contributed by atoms with Gasteiger partial charge in [0.15, 0.2) is 5.97 Å². The van der Waals surface area contributed by atoms with Crippen molar-refractivity contribution in [1.29, 1.82) is 0 Å². The number of carboxylic acids is 1. The second-order valence-corrected chi connectivity index (χ2v) is 1.42. The van der Waals surface area contributed by atoms with Crippen molar-refractivity contribution in [1.82, 2.24) is 0 Å². The molecule has 6 nitrogen and oxygen atoms in total. The maximum absolute atomic E-state index is 10.0. The van der Waals surface area contributed by atoms with Crippen molar-refractivity contribution in [2.75, 3.05) is 6.61 Å². The van der Waals surface area contributed by atoms with Gasteiger partial charge in [-0.3, -0.25) is 11.7 Å². The Morgan fingerprint density at radius 2 is 1.91 bits per heavy atom. The number of ether oxygens (including phenoxy) is 1. The van der Waals surface area contributed by atoms with Crippen LogP contribution in [-0.2, 0) is 14.3 Å². The molecule has 0 rings (SSSR count). The predicted octanol–water partition coefficient (Wildman–Crippen LogP) is -2.49. The van der Waals surface area contributed by atoms with Crippen LogP contribution in [0.25, 0.3) is 0 Å². The van der Waals surface area contributed by atoms with Crippen LogP contribution in [0.3, 0.4) is 0 Å². The third kappa shape index (κ3) is 8.86. The van der Waals surface area contributed by atoms with E-state index < -0.39 is 11.9 Å². The summed E-state index contributed by atoms with van der Waals surface area (Å²) in [4.78, 5) is 19.6. The number of aliphatic carboxylic acids is 1. The van der Waals surface area contributed by atoms with Gasteiger partial charge in [0.2, 0.25) is 0 Å². The zero-order valence-corrected chi connectivity index (χ0v) is 6.20. The third-order valence-electron chi connectivity index (χ3n) is 0.604. The average Bonchev–Trinajstić information content (AvgIpc) is 2.03. The standard InChI is InChI=1S/C5H8O4.H4N2/c1-2-3-9-5(8)4(6)7;1-2/h2-3H2,1H3,(H,6,7);1-2H2/p-1. The smallest absolute Gasteiger partial charge is 0.354 e. The van der Waals surface area contributed by atoms with Gasteiger partial charge in [-0.2, -0.15) is 0 Å². The molecular weight excluding hydrogens is 152 g/mol. The lowest BCUT2D eigenvalue weighted by Gasteiger charge is -2.00. The molecule has 0 heterocycles. The molecule has 0 radical (unpaired) electrons. The molecule has 0 aliphatic heterocycles. The predicted molar refractivity (Wildman–Crippen MR) is 34.6 cm³/mol. The number of hydrogen-bond donors (Lipinski definition) is 2. The molecule has 0 aliphatic carbocycles. The molecule has 0 saturated carbocycles. The molecule has 0 atom stereocenters. The van der Waals surface area contributed by atoms with Crippen LogP contribution >= 0.6 is 0 Å². The van der Waals surface area contributed by atoms with Crippen molar-refractivity contribution in [3.05, 3.63) is 0 Å². The van der Waals surface area contributed by atoms with Crippen LogP contribution in [0.1, 0.15) is 13.3 Å². The van der Waals surface area contributed by atoms with Crippen molar-refractivity contribution in [3.8, 4) is 0 Å². The van der Waals surface area contributed by atoms with Crippen molar-refractivity contribution in [2.24, 2.45) is 11.7 Å². The summed E-state index contributed by atoms with van der Waals surface area (Å²) in [6, 6.07) is 0. The lowest BCUT2D eigenvalue weighted by molar-refractivity contribution is -0.303. The lowest BCUT2D eigenvalue weighted by atomic mass is 10.5. The van der Waals surface area contributed by atoms with Gasteiger partial charge in [0.05, 0.1) is 6.61 Å². The molecule has 6 heteroatoms. The molecular formula is C5H11N2O4-. The highest BCUT2D eigenvalue weighted by Gasteiger charge is 1.99. The molecule has 0 aromatic carbocycles. The Morgan fingerprint density at radius 1 is 1.45 bits per heavy atom. The van der Waals surface area contributed by atoms with E-state index in [0.717, 1.165) is 0 Å². The molecule has 0 amide bonds. The summed E-state index contributed by atoms with van der Waals surface area (Å²) in [5.74, 6) is 4.92. The summed E-state index contributed by atoms with van der Waals surface area (Å²) < 4.78 is 4.15. The van der Waals surface area contributed by atoms with E-state index in [1.165, 1.54) is 0 Å². The second-order valence-electron chi connectivity index (χ2n) is 1.42. The Hall–Kier alpha value is -1.14. The van der Waals surface area contributed by atoms with E-state index in [0.29, 0.717) is 6.42 Å². The minimum Gasteiger partial charge on any atom is -0.539 e. The molecule has 0 aromatic rings.